The molecule has 0 amide bonds. The van der Waals surface area contributed by atoms with Gasteiger partial charge in [0.05, 0.1) is 7.11 Å². The predicted octanol–water partition coefficient (Wildman–Crippen LogP) is 1.03. The lowest BCUT2D eigenvalue weighted by atomic mass is 10.1. The van der Waals surface area contributed by atoms with Crippen LogP contribution in [0.5, 0.6) is 5.88 Å². The molecule has 0 spiro atoms. The number of hydrogen-bond donors (Lipinski definition) is 1. The summed E-state index contributed by atoms with van der Waals surface area (Å²) in [5.74, 6) is -1.06. The quantitative estimate of drug-likeness (QED) is 0.747. The molecule has 0 saturated heterocycles. The highest BCUT2D eigenvalue weighted by atomic mass is 16.5. The average molecular weight is 233 g/mol. The molecule has 0 bridgehead atoms. The number of hydrogen-bond acceptors (Lipinski definition) is 4. The van der Waals surface area contributed by atoms with Gasteiger partial charge in [-0.25, -0.2) is 4.79 Å². The largest absolute Gasteiger partial charge is 0.494 e. The third kappa shape index (κ3) is 1.56. The molecule has 5 heteroatoms. The van der Waals surface area contributed by atoms with Crippen LogP contribution >= 0.6 is 0 Å². The Labute approximate surface area is 96.9 Å². The number of carbonyl (C=O) groups is 1. The maximum atomic E-state index is 11.9. The summed E-state index contributed by atoms with van der Waals surface area (Å²) in [5, 5.41) is 10.6. The number of nitrogens with zero attached hydrogens (tertiary/aromatic N) is 1. The maximum Gasteiger partial charge on any atom is 0.343 e. The molecule has 0 atom stereocenters. The van der Waals surface area contributed by atoms with Crippen LogP contribution in [0.3, 0.4) is 0 Å². The summed E-state index contributed by atoms with van der Waals surface area (Å²) in [6.07, 6.45) is 0. The van der Waals surface area contributed by atoms with E-state index in [1.54, 1.807) is 24.3 Å². The van der Waals surface area contributed by atoms with Gasteiger partial charge in [-0.15, -0.1) is 0 Å². The zero-order valence-electron chi connectivity index (χ0n) is 9.43. The molecule has 0 aliphatic carbocycles. The highest BCUT2D eigenvalue weighted by molar-refractivity contribution is 6.06. The van der Waals surface area contributed by atoms with Gasteiger partial charge in [-0.1, -0.05) is 18.2 Å². The van der Waals surface area contributed by atoms with E-state index in [0.29, 0.717) is 10.8 Å². The van der Waals surface area contributed by atoms with Gasteiger partial charge in [0.2, 0.25) is 5.88 Å². The molecule has 0 saturated carbocycles. The standard InChI is InChI=1S/C12H11NO4/c1-13-10(14)8-6-4-3-5-7(8)9(11(13)15)12(16)17-2/h3-6,15H,1-2H3. The lowest BCUT2D eigenvalue weighted by Crippen LogP contribution is -2.20. The molecule has 2 aromatic rings. The van der Waals surface area contributed by atoms with Crippen LogP contribution in [0.25, 0.3) is 10.8 Å². The first-order chi connectivity index (χ1) is 8.07. The van der Waals surface area contributed by atoms with Gasteiger partial charge in [0.15, 0.2) is 0 Å². The van der Waals surface area contributed by atoms with Gasteiger partial charge in [0, 0.05) is 17.8 Å². The number of ether oxygens (including phenoxy) is 1. The van der Waals surface area contributed by atoms with E-state index in [4.69, 9.17) is 0 Å². The van der Waals surface area contributed by atoms with E-state index in [9.17, 15) is 14.7 Å². The molecule has 2 rings (SSSR count). The number of methoxy groups -OCH3 is 1. The molecule has 1 N–H and O–H groups in total. The van der Waals surface area contributed by atoms with Crippen molar-refractivity contribution in [3.8, 4) is 5.88 Å². The predicted molar refractivity (Wildman–Crippen MR) is 62.2 cm³/mol. The molecule has 88 valence electrons. The lowest BCUT2D eigenvalue weighted by molar-refractivity contribution is 0.0598. The summed E-state index contributed by atoms with van der Waals surface area (Å²) in [6, 6.07) is 6.59. The molecule has 1 heterocycles. The fourth-order valence-corrected chi connectivity index (χ4v) is 1.76. The fourth-order valence-electron chi connectivity index (χ4n) is 1.76. The van der Waals surface area contributed by atoms with Gasteiger partial charge in [0.25, 0.3) is 5.56 Å². The van der Waals surface area contributed by atoms with Crippen molar-refractivity contribution >= 4 is 16.7 Å². The molecule has 0 aliphatic rings. The van der Waals surface area contributed by atoms with Gasteiger partial charge in [-0.05, 0) is 6.07 Å². The van der Waals surface area contributed by atoms with Crippen molar-refractivity contribution in [3.05, 3.63) is 40.2 Å². The topological polar surface area (TPSA) is 68.5 Å². The van der Waals surface area contributed by atoms with E-state index in [-0.39, 0.29) is 17.0 Å². The number of rotatable bonds is 1. The summed E-state index contributed by atoms with van der Waals surface area (Å²) in [6.45, 7) is 0. The Hall–Kier alpha value is -2.30. The van der Waals surface area contributed by atoms with Crippen molar-refractivity contribution in [2.45, 2.75) is 0 Å². The smallest absolute Gasteiger partial charge is 0.343 e. The second-order valence-electron chi connectivity index (χ2n) is 3.60. The number of fused-ring (bicyclic) bond motifs is 1. The third-order valence-corrected chi connectivity index (χ3v) is 2.66. The SMILES string of the molecule is COC(=O)c1c(O)n(C)c(=O)c2ccccc12. The first-order valence-corrected chi connectivity index (χ1v) is 4.97. The fraction of sp³-hybridized carbons (Fsp3) is 0.167. The Morgan fingerprint density at radius 3 is 2.47 bits per heavy atom. The Morgan fingerprint density at radius 2 is 1.88 bits per heavy atom. The van der Waals surface area contributed by atoms with Gasteiger partial charge in [0.1, 0.15) is 5.56 Å². The van der Waals surface area contributed by atoms with Crippen molar-refractivity contribution in [1.82, 2.24) is 4.57 Å². The summed E-state index contributed by atoms with van der Waals surface area (Å²) in [4.78, 5) is 23.5. The van der Waals surface area contributed by atoms with Crippen LogP contribution in [-0.4, -0.2) is 22.8 Å². The van der Waals surface area contributed by atoms with Gasteiger partial charge in [-0.2, -0.15) is 0 Å². The molecule has 17 heavy (non-hydrogen) atoms. The van der Waals surface area contributed by atoms with Crippen molar-refractivity contribution in [2.75, 3.05) is 7.11 Å². The number of benzene rings is 1. The minimum Gasteiger partial charge on any atom is -0.494 e. The van der Waals surface area contributed by atoms with E-state index < -0.39 is 5.97 Å². The van der Waals surface area contributed by atoms with Crippen LogP contribution in [0.1, 0.15) is 10.4 Å². The number of carbonyl (C=O) groups excluding carboxylic acids is 1. The number of aromatic hydroxyl groups is 1. The van der Waals surface area contributed by atoms with Crippen LogP contribution < -0.4 is 5.56 Å². The molecule has 1 aromatic heterocycles. The number of aromatic nitrogens is 1. The van der Waals surface area contributed by atoms with Crippen LogP contribution in [0.15, 0.2) is 29.1 Å². The summed E-state index contributed by atoms with van der Waals surface area (Å²) in [5.41, 5.74) is -0.351. The zero-order valence-corrected chi connectivity index (χ0v) is 9.43. The average Bonchev–Trinajstić information content (AvgIpc) is 2.36. The van der Waals surface area contributed by atoms with E-state index in [2.05, 4.69) is 4.74 Å². The third-order valence-electron chi connectivity index (χ3n) is 2.66. The number of pyridine rings is 1. The Balaban J connectivity index is 3.01. The van der Waals surface area contributed by atoms with Crippen LogP contribution in [0, 0.1) is 0 Å². The minimum atomic E-state index is -0.672. The lowest BCUT2D eigenvalue weighted by Gasteiger charge is -2.10. The Bertz CT molecular complexity index is 657. The summed E-state index contributed by atoms with van der Waals surface area (Å²) < 4.78 is 5.63. The molecular formula is C12H11NO4. The Kier molecular flexibility index (Phi) is 2.59. The van der Waals surface area contributed by atoms with Gasteiger partial charge < -0.3 is 9.84 Å². The molecule has 0 aliphatic heterocycles. The molecular weight excluding hydrogens is 222 g/mol. The second-order valence-corrected chi connectivity index (χ2v) is 3.60. The van der Waals surface area contributed by atoms with E-state index in [1.807, 2.05) is 0 Å². The van der Waals surface area contributed by atoms with E-state index in [0.717, 1.165) is 4.57 Å². The monoisotopic (exact) mass is 233 g/mol. The van der Waals surface area contributed by atoms with Gasteiger partial charge >= 0.3 is 5.97 Å². The van der Waals surface area contributed by atoms with Crippen LogP contribution in [0.2, 0.25) is 0 Å². The van der Waals surface area contributed by atoms with Crippen molar-refractivity contribution in [1.29, 1.82) is 0 Å². The minimum absolute atomic E-state index is 0.00481. The molecule has 1 aromatic carbocycles. The van der Waals surface area contributed by atoms with Gasteiger partial charge in [-0.3, -0.25) is 9.36 Å². The molecule has 5 nitrogen and oxygen atoms in total. The second kappa shape index (κ2) is 3.93. The van der Waals surface area contributed by atoms with Crippen LogP contribution in [-0.2, 0) is 11.8 Å². The van der Waals surface area contributed by atoms with Crippen molar-refractivity contribution < 1.29 is 14.6 Å². The highest BCUT2D eigenvalue weighted by Gasteiger charge is 2.20. The first-order valence-electron chi connectivity index (χ1n) is 4.97. The Morgan fingerprint density at radius 1 is 1.29 bits per heavy atom. The highest BCUT2D eigenvalue weighted by Crippen LogP contribution is 2.24. The molecule has 0 unspecified atom stereocenters. The molecule has 0 fully saturated rings. The normalized spacial score (nSPS) is 10.5. The first kappa shape index (κ1) is 11.2. The summed E-state index contributed by atoms with van der Waals surface area (Å²) >= 11 is 0. The maximum absolute atomic E-state index is 11.9. The zero-order chi connectivity index (χ0) is 12.6. The summed E-state index contributed by atoms with van der Waals surface area (Å²) in [7, 11) is 2.62. The van der Waals surface area contributed by atoms with Crippen LogP contribution in [0.4, 0.5) is 0 Å². The van der Waals surface area contributed by atoms with Crippen molar-refractivity contribution in [3.63, 3.8) is 0 Å². The van der Waals surface area contributed by atoms with Crippen molar-refractivity contribution in [2.24, 2.45) is 7.05 Å². The molecule has 0 radical (unpaired) electrons. The van der Waals surface area contributed by atoms with E-state index in [1.165, 1.54) is 14.2 Å². The van der Waals surface area contributed by atoms with E-state index >= 15 is 0 Å². The number of esters is 1.